The van der Waals surface area contributed by atoms with Crippen LogP contribution in [-0.4, -0.2) is 40.2 Å². The molecule has 2 aromatic carbocycles. The topological polar surface area (TPSA) is 23.5 Å². The predicted molar refractivity (Wildman–Crippen MR) is 137 cm³/mol. The molecule has 30 heavy (non-hydrogen) atoms. The maximum absolute atomic E-state index is 13.8. The fourth-order valence-electron chi connectivity index (χ4n) is 3.04. The summed E-state index contributed by atoms with van der Waals surface area (Å²) in [6, 6.07) is 9.49. The first-order valence-electron chi connectivity index (χ1n) is 9.75. The van der Waals surface area contributed by atoms with E-state index in [9.17, 15) is 9.50 Å². The third-order valence-corrected chi connectivity index (χ3v) is 10.0. The van der Waals surface area contributed by atoms with E-state index >= 15 is 0 Å². The van der Waals surface area contributed by atoms with E-state index in [4.69, 9.17) is 18.6 Å². The summed E-state index contributed by atoms with van der Waals surface area (Å²) in [5, 5.41) is 15.7. The second kappa shape index (κ2) is 11.9. The Bertz CT molecular complexity index is 858. The molecule has 0 aliphatic rings. The van der Waals surface area contributed by atoms with Crippen LogP contribution in [-0.2, 0) is 23.6 Å². The second-order valence-corrected chi connectivity index (χ2v) is 23.7. The molecule has 1 unspecified atom stereocenters. The van der Waals surface area contributed by atoms with Crippen LogP contribution in [0.3, 0.4) is 0 Å². The maximum atomic E-state index is 13.8. The predicted octanol–water partition coefficient (Wildman–Crippen LogP) is 4.69. The molecule has 0 aromatic heterocycles. The molecule has 0 amide bonds. The fourth-order valence-corrected chi connectivity index (χ4v) is 7.29. The number of benzene rings is 2. The molecule has 0 saturated heterocycles. The Kier molecular flexibility index (Phi) is 11.3. The van der Waals surface area contributed by atoms with Crippen molar-refractivity contribution in [3.8, 4) is 5.75 Å². The minimum absolute atomic E-state index is 0.205. The molecule has 0 radical (unpaired) electrons. The van der Waals surface area contributed by atoms with Crippen molar-refractivity contribution < 1.29 is 26.5 Å². The molecular formula is C21H33Cl2FNOPSi2Ti. The fraction of sp³-hybridized carbons (Fsp3) is 0.429. The van der Waals surface area contributed by atoms with Crippen LogP contribution < -0.4 is 21.0 Å². The Morgan fingerprint density at radius 2 is 1.53 bits per heavy atom. The molecule has 1 N–H and O–H groups in total. The van der Waals surface area contributed by atoms with Crippen LogP contribution >= 0.6 is 27.2 Å². The van der Waals surface area contributed by atoms with Gasteiger partial charge in [-0.05, 0) is 42.3 Å². The van der Waals surface area contributed by atoms with Crippen LogP contribution in [0.1, 0.15) is 5.56 Å². The van der Waals surface area contributed by atoms with E-state index in [2.05, 4.69) is 56.3 Å². The van der Waals surface area contributed by atoms with Crippen LogP contribution in [0.4, 0.5) is 4.39 Å². The molecule has 0 saturated carbocycles. The van der Waals surface area contributed by atoms with Gasteiger partial charge in [-0.2, -0.15) is 0 Å². The zero-order valence-corrected chi connectivity index (χ0v) is 25.2. The molecule has 0 aliphatic carbocycles. The van der Waals surface area contributed by atoms with Gasteiger partial charge in [0.2, 0.25) is 0 Å². The van der Waals surface area contributed by atoms with Crippen molar-refractivity contribution in [3.05, 3.63) is 41.7 Å². The summed E-state index contributed by atoms with van der Waals surface area (Å²) in [6.45, 7) is 14.5. The standard InChI is InChI=1S/C21H33FNOPSi2.2ClH.Ti/c1-23(2)14-15-11-16(22)9-10-18(15)25-19-12-17(26(3,4)5)13-20(21(19)24)27(6,7)8;;;/h9-13,24-25H,14H2,1-8H3;2*1H;/q;;;+2/p-2. The zero-order valence-electron chi connectivity index (χ0n) is 19.1. The van der Waals surface area contributed by atoms with Gasteiger partial charge in [-0.1, -0.05) is 71.2 Å². The minimum atomic E-state index is -1.68. The van der Waals surface area contributed by atoms with Gasteiger partial charge >= 0.3 is 35.6 Å². The first-order valence-corrected chi connectivity index (χ1v) is 22.0. The van der Waals surface area contributed by atoms with Crippen molar-refractivity contribution in [2.75, 3.05) is 14.1 Å². The SMILES string of the molecule is CN(C)Cc1cc(F)ccc1Pc1cc([Si](C)(C)C)cc([Si](C)(C)C)c1O.[Cl][Ti][Cl]. The Morgan fingerprint density at radius 3 is 2.00 bits per heavy atom. The number of phenolic OH excluding ortho intramolecular Hbond substituents is 1. The summed E-state index contributed by atoms with van der Waals surface area (Å²) in [6.07, 6.45) is 0. The first-order chi connectivity index (χ1) is 13.7. The van der Waals surface area contributed by atoms with E-state index in [1.165, 1.54) is 11.3 Å². The molecule has 2 nitrogen and oxygen atoms in total. The third-order valence-electron chi connectivity index (χ3n) is 4.61. The quantitative estimate of drug-likeness (QED) is 0.425. The normalized spacial score (nSPS) is 12.3. The van der Waals surface area contributed by atoms with E-state index in [-0.39, 0.29) is 5.82 Å². The third kappa shape index (κ3) is 8.67. The van der Waals surface area contributed by atoms with E-state index in [1.54, 1.807) is 6.07 Å². The number of hydrogen-bond acceptors (Lipinski definition) is 2. The molecule has 0 bridgehead atoms. The number of rotatable bonds is 6. The van der Waals surface area contributed by atoms with Crippen LogP contribution in [0.2, 0.25) is 39.3 Å². The van der Waals surface area contributed by atoms with Gasteiger partial charge < -0.3 is 10.0 Å². The van der Waals surface area contributed by atoms with Crippen molar-refractivity contribution in [1.82, 2.24) is 4.90 Å². The van der Waals surface area contributed by atoms with Gasteiger partial charge in [-0.25, -0.2) is 4.39 Å². The van der Waals surface area contributed by atoms with E-state index in [1.807, 2.05) is 20.2 Å². The summed E-state index contributed by atoms with van der Waals surface area (Å²) in [4.78, 5) is 2.05. The second-order valence-electron chi connectivity index (χ2n) is 9.66. The number of phenols is 1. The van der Waals surface area contributed by atoms with Crippen molar-refractivity contribution in [1.29, 1.82) is 0 Å². The van der Waals surface area contributed by atoms with Crippen molar-refractivity contribution in [3.63, 3.8) is 0 Å². The molecule has 0 aliphatic heterocycles. The van der Waals surface area contributed by atoms with Gasteiger partial charge in [0.05, 0.1) is 16.1 Å². The van der Waals surface area contributed by atoms with Gasteiger partial charge in [0.15, 0.2) is 0 Å². The molecule has 0 spiro atoms. The number of nitrogens with zero attached hydrogens (tertiary/aromatic N) is 1. The number of hydrogen-bond donors (Lipinski definition) is 1. The van der Waals surface area contributed by atoms with Crippen LogP contribution in [0.15, 0.2) is 30.3 Å². The molecule has 2 aromatic rings. The van der Waals surface area contributed by atoms with Crippen LogP contribution in [0.25, 0.3) is 0 Å². The Hall–Kier alpha value is 0.288. The van der Waals surface area contributed by atoms with Gasteiger partial charge in [0.25, 0.3) is 0 Å². The van der Waals surface area contributed by atoms with E-state index in [0.717, 1.165) is 21.4 Å². The average molecular weight is 540 g/mol. The molecule has 9 heteroatoms. The molecule has 0 fully saturated rings. The molecule has 0 heterocycles. The van der Waals surface area contributed by atoms with Crippen molar-refractivity contribution in [2.24, 2.45) is 0 Å². The molecular weight excluding hydrogens is 507 g/mol. The first kappa shape index (κ1) is 28.3. The monoisotopic (exact) mass is 539 g/mol. The van der Waals surface area contributed by atoms with Gasteiger partial charge in [0, 0.05) is 11.8 Å². The van der Waals surface area contributed by atoms with Gasteiger partial charge in [-0.15, -0.1) is 0 Å². The average Bonchev–Trinajstić information content (AvgIpc) is 2.57. The van der Waals surface area contributed by atoms with Gasteiger partial charge in [-0.3, -0.25) is 0 Å². The zero-order chi connectivity index (χ0) is 23.3. The van der Waals surface area contributed by atoms with Crippen molar-refractivity contribution in [2.45, 2.75) is 45.8 Å². The molecule has 2 rings (SSSR count). The van der Waals surface area contributed by atoms with Gasteiger partial charge in [0.1, 0.15) is 11.6 Å². The summed E-state index contributed by atoms with van der Waals surface area (Å²) >= 11 is -0.556. The molecule has 1 atom stereocenters. The number of halogens is 3. The Balaban J connectivity index is 0.00000141. The van der Waals surface area contributed by atoms with E-state index < -0.39 is 33.2 Å². The summed E-state index contributed by atoms with van der Waals surface area (Å²) in [5.74, 6) is 0.248. The Morgan fingerprint density at radius 1 is 0.967 bits per heavy atom. The summed E-state index contributed by atoms with van der Waals surface area (Å²) < 4.78 is 13.8. The van der Waals surface area contributed by atoms with E-state index in [0.29, 0.717) is 20.9 Å². The summed E-state index contributed by atoms with van der Waals surface area (Å²) in [5.41, 5.74) is 0.991. The summed E-state index contributed by atoms with van der Waals surface area (Å²) in [7, 11) is 10.9. The van der Waals surface area contributed by atoms with Crippen LogP contribution in [0, 0.1) is 5.82 Å². The Labute approximate surface area is 202 Å². The van der Waals surface area contributed by atoms with Crippen molar-refractivity contribution >= 4 is 64.3 Å². The molecule has 166 valence electrons. The number of aromatic hydroxyl groups is 1. The van der Waals surface area contributed by atoms with Crippen LogP contribution in [0.5, 0.6) is 5.75 Å².